The Morgan fingerprint density at radius 3 is 2.24 bits per heavy atom. The van der Waals surface area contributed by atoms with Crippen molar-refractivity contribution in [1.82, 2.24) is 0 Å². The molecular formula is C36H35F3INO. The molecule has 0 radical (unpaired) electrons. The third kappa shape index (κ3) is 7.92. The number of hydrogen-bond donors (Lipinski definition) is 2. The Labute approximate surface area is 260 Å². The first-order valence-corrected chi connectivity index (χ1v) is 15.1. The number of rotatable bonds is 12. The first-order valence-electron chi connectivity index (χ1n) is 13.8. The molecule has 0 aromatic heterocycles. The Morgan fingerprint density at radius 2 is 1.60 bits per heavy atom. The smallest absolute Gasteiger partial charge is 0.298 e. The maximum atomic E-state index is 14.4. The highest BCUT2D eigenvalue weighted by atomic mass is 127. The number of hydrogen-bond acceptors (Lipinski definition) is 2. The summed E-state index contributed by atoms with van der Waals surface area (Å²) in [7, 11) is 0. The number of benzene rings is 4. The molecule has 2 atom stereocenters. The van der Waals surface area contributed by atoms with Crippen LogP contribution < -0.4 is 5.32 Å². The number of aliphatic hydroxyl groups is 1. The van der Waals surface area contributed by atoms with Gasteiger partial charge in [-0.2, -0.15) is 8.78 Å². The Balaban J connectivity index is 1.32. The molecule has 0 amide bonds. The number of aryl methyl sites for hydroxylation is 2. The van der Waals surface area contributed by atoms with Crippen molar-refractivity contribution in [2.24, 2.45) is 0 Å². The van der Waals surface area contributed by atoms with Gasteiger partial charge in [-0.15, -0.1) is 0 Å². The molecule has 4 aromatic carbocycles. The summed E-state index contributed by atoms with van der Waals surface area (Å²) in [4.78, 5) is 0. The second-order valence-corrected chi connectivity index (χ2v) is 12.2. The second kappa shape index (κ2) is 13.7. The number of nitrogens with one attached hydrogen (secondary N) is 1. The van der Waals surface area contributed by atoms with Crippen LogP contribution in [0.25, 0.3) is 16.7 Å². The number of anilines is 1. The molecule has 2 nitrogen and oxygen atoms in total. The van der Waals surface area contributed by atoms with Crippen molar-refractivity contribution >= 4 is 33.9 Å². The molecule has 6 heteroatoms. The fourth-order valence-electron chi connectivity index (χ4n) is 4.85. The van der Waals surface area contributed by atoms with Crippen LogP contribution in [0, 0.1) is 12.7 Å². The van der Waals surface area contributed by atoms with E-state index in [0.717, 1.165) is 59.0 Å². The monoisotopic (exact) mass is 681 g/mol. The Hall–Kier alpha value is -3.36. The summed E-state index contributed by atoms with van der Waals surface area (Å²) in [6.45, 7) is 11.5. The van der Waals surface area contributed by atoms with Gasteiger partial charge in [0.1, 0.15) is 11.9 Å². The average Bonchev–Trinajstić information content (AvgIpc) is 2.96. The van der Waals surface area contributed by atoms with E-state index in [4.69, 9.17) is 0 Å². The molecule has 42 heavy (non-hydrogen) atoms. The Morgan fingerprint density at radius 1 is 0.929 bits per heavy atom. The molecule has 0 aliphatic rings. The van der Waals surface area contributed by atoms with Crippen molar-refractivity contribution in [3.8, 4) is 11.1 Å². The fraction of sp³-hybridized carbons (Fsp3) is 0.222. The van der Waals surface area contributed by atoms with Crippen LogP contribution in [-0.2, 0) is 18.8 Å². The third-order valence-corrected chi connectivity index (χ3v) is 8.62. The van der Waals surface area contributed by atoms with E-state index in [1.165, 1.54) is 23.8 Å². The van der Waals surface area contributed by atoms with Crippen molar-refractivity contribution in [2.75, 3.05) is 5.32 Å². The lowest BCUT2D eigenvalue weighted by Gasteiger charge is -2.20. The SMILES string of the molecule is C=C(Cc1ccc(C(F)(F)C(C)O)cc1)Nc1ccc(C(=C)C(I)CCc2cc(C)cc(-c3ccccc3F)c2)cc1. The van der Waals surface area contributed by atoms with Gasteiger partial charge in [0.05, 0.1) is 0 Å². The van der Waals surface area contributed by atoms with Gasteiger partial charge in [0.25, 0.3) is 5.92 Å². The molecule has 218 valence electrons. The van der Waals surface area contributed by atoms with Gasteiger partial charge >= 0.3 is 0 Å². The van der Waals surface area contributed by atoms with Crippen LogP contribution in [0.3, 0.4) is 0 Å². The largest absolute Gasteiger partial charge is 0.387 e. The van der Waals surface area contributed by atoms with Crippen LogP contribution in [-0.4, -0.2) is 15.1 Å². The lowest BCUT2D eigenvalue weighted by molar-refractivity contribution is -0.106. The zero-order chi connectivity index (χ0) is 30.4. The molecular weight excluding hydrogens is 646 g/mol. The van der Waals surface area contributed by atoms with Crippen LogP contribution >= 0.6 is 22.6 Å². The lowest BCUT2D eigenvalue weighted by Crippen LogP contribution is -2.27. The summed E-state index contributed by atoms with van der Waals surface area (Å²) >= 11 is 2.43. The van der Waals surface area contributed by atoms with Crippen molar-refractivity contribution in [1.29, 1.82) is 0 Å². The lowest BCUT2D eigenvalue weighted by atomic mass is 9.95. The molecule has 0 aliphatic heterocycles. The molecule has 0 saturated carbocycles. The van der Waals surface area contributed by atoms with Gasteiger partial charge in [0.15, 0.2) is 0 Å². The quantitative estimate of drug-likeness (QED) is 0.115. The predicted octanol–water partition coefficient (Wildman–Crippen LogP) is 9.89. The van der Waals surface area contributed by atoms with E-state index < -0.39 is 12.0 Å². The molecule has 0 saturated heterocycles. The Kier molecular flexibility index (Phi) is 10.3. The van der Waals surface area contributed by atoms with E-state index in [2.05, 4.69) is 53.2 Å². The van der Waals surface area contributed by atoms with E-state index in [1.807, 2.05) is 49.4 Å². The summed E-state index contributed by atoms with van der Waals surface area (Å²) in [5.74, 6) is -3.51. The highest BCUT2D eigenvalue weighted by Crippen LogP contribution is 2.32. The van der Waals surface area contributed by atoms with Crippen LogP contribution in [0.1, 0.15) is 41.2 Å². The standard InChI is InChI=1S/C36H35F3INO/c1-23-19-28(22-30(20-23)33-7-5-6-8-34(33)37)11-18-35(40)25(3)29-12-16-32(17-13-29)41-24(2)21-27-9-14-31(15-10-27)36(38,39)26(4)42/h5-10,12-17,19-20,22,26,35,41-42H,2-3,11,18,21H2,1,4H3. The van der Waals surface area contributed by atoms with Gasteiger partial charge in [-0.05, 0) is 72.7 Å². The second-order valence-electron chi connectivity index (χ2n) is 10.7. The number of alkyl halides is 3. The molecule has 2 N–H and O–H groups in total. The van der Waals surface area contributed by atoms with E-state index >= 15 is 0 Å². The molecule has 2 unspecified atom stereocenters. The molecule has 4 aromatic rings. The van der Waals surface area contributed by atoms with Crippen LogP contribution in [0.2, 0.25) is 0 Å². The van der Waals surface area contributed by atoms with Gasteiger partial charge in [-0.3, -0.25) is 0 Å². The van der Waals surface area contributed by atoms with Gasteiger partial charge in [0.2, 0.25) is 0 Å². The van der Waals surface area contributed by atoms with Crippen molar-refractivity contribution in [3.05, 3.63) is 143 Å². The van der Waals surface area contributed by atoms with Crippen molar-refractivity contribution < 1.29 is 18.3 Å². The number of allylic oxidation sites excluding steroid dienone is 2. The van der Waals surface area contributed by atoms with E-state index in [9.17, 15) is 18.3 Å². The average molecular weight is 682 g/mol. The topological polar surface area (TPSA) is 32.3 Å². The van der Waals surface area contributed by atoms with Crippen molar-refractivity contribution in [2.45, 2.75) is 49.1 Å². The van der Waals surface area contributed by atoms with Gasteiger partial charge in [0, 0.05) is 32.9 Å². The minimum absolute atomic E-state index is 0.213. The first kappa shape index (κ1) is 31.6. The Bertz CT molecular complexity index is 1550. The molecule has 0 fully saturated rings. The van der Waals surface area contributed by atoms with Gasteiger partial charge in [-0.1, -0.05) is 114 Å². The molecule has 4 rings (SSSR count). The minimum Gasteiger partial charge on any atom is -0.387 e. The fourth-order valence-corrected chi connectivity index (χ4v) is 5.53. The maximum absolute atomic E-state index is 14.4. The predicted molar refractivity (Wildman–Crippen MR) is 177 cm³/mol. The van der Waals surface area contributed by atoms with E-state index in [1.54, 1.807) is 18.2 Å². The normalized spacial score (nSPS) is 12.9. The van der Waals surface area contributed by atoms with Crippen LogP contribution in [0.4, 0.5) is 18.9 Å². The van der Waals surface area contributed by atoms with E-state index in [0.29, 0.717) is 12.0 Å². The molecule has 0 aliphatic carbocycles. The number of aliphatic hydroxyl groups excluding tert-OH is 1. The van der Waals surface area contributed by atoms with Gasteiger partial charge in [-0.25, -0.2) is 4.39 Å². The zero-order valence-corrected chi connectivity index (χ0v) is 26.0. The maximum Gasteiger partial charge on any atom is 0.298 e. The molecule has 0 heterocycles. The molecule has 0 spiro atoms. The minimum atomic E-state index is -3.29. The highest BCUT2D eigenvalue weighted by molar-refractivity contribution is 14.1. The third-order valence-electron chi connectivity index (χ3n) is 7.24. The molecule has 0 bridgehead atoms. The number of halogens is 4. The zero-order valence-electron chi connectivity index (χ0n) is 23.8. The van der Waals surface area contributed by atoms with Gasteiger partial charge < -0.3 is 10.4 Å². The van der Waals surface area contributed by atoms with Crippen LogP contribution in [0.5, 0.6) is 0 Å². The van der Waals surface area contributed by atoms with Crippen LogP contribution in [0.15, 0.2) is 110 Å². The van der Waals surface area contributed by atoms with Crippen molar-refractivity contribution in [3.63, 3.8) is 0 Å². The van der Waals surface area contributed by atoms with E-state index in [-0.39, 0.29) is 15.3 Å². The summed E-state index contributed by atoms with van der Waals surface area (Å²) in [5.41, 5.74) is 8.11. The highest BCUT2D eigenvalue weighted by Gasteiger charge is 2.37. The summed E-state index contributed by atoms with van der Waals surface area (Å²) in [6, 6.07) is 27.1. The first-order chi connectivity index (χ1) is 19.9. The summed E-state index contributed by atoms with van der Waals surface area (Å²) in [6.07, 6.45) is 0.475. The summed E-state index contributed by atoms with van der Waals surface area (Å²) < 4.78 is 42.6. The summed E-state index contributed by atoms with van der Waals surface area (Å²) in [5, 5.41) is 12.6.